The molecule has 1 heterocycles. The quantitative estimate of drug-likeness (QED) is 0.669. The molecule has 66 valence electrons. The van der Waals surface area contributed by atoms with Crippen molar-refractivity contribution in [3.63, 3.8) is 0 Å². The van der Waals surface area contributed by atoms with Crippen LogP contribution in [0.5, 0.6) is 0 Å². The average molecular weight is 168 g/mol. The Morgan fingerprint density at radius 1 is 1.50 bits per heavy atom. The predicted molar refractivity (Wildman–Crippen MR) is 45.3 cm³/mol. The highest BCUT2D eigenvalue weighted by atomic mass is 16.5. The van der Waals surface area contributed by atoms with Crippen LogP contribution < -0.4 is 5.43 Å². The molecule has 0 aromatic carbocycles. The minimum Gasteiger partial charge on any atom is -0.469 e. The minimum atomic E-state index is -0.199. The first kappa shape index (κ1) is 8.64. The van der Waals surface area contributed by atoms with Crippen LogP contribution in [0.1, 0.15) is 6.42 Å². The fraction of sp³-hybridized carbons (Fsp3) is 0.375. The molecule has 0 saturated carbocycles. The summed E-state index contributed by atoms with van der Waals surface area (Å²) in [5, 5.41) is 0. The number of nitrogens with zero attached hydrogens (tertiary/aromatic N) is 1. The van der Waals surface area contributed by atoms with Crippen LogP contribution in [0.15, 0.2) is 24.5 Å². The Balaban J connectivity index is 2.15. The summed E-state index contributed by atoms with van der Waals surface area (Å²) < 4.78 is 6.28. The topological polar surface area (TPSA) is 43.3 Å². The van der Waals surface area contributed by atoms with Crippen LogP contribution in [-0.4, -0.2) is 24.3 Å². The lowest BCUT2D eigenvalue weighted by molar-refractivity contribution is -0.140. The number of carbonyl (C=O) groups excluding carboxylic acids is 1. The number of carbonyl (C=O) groups is 1. The molecule has 4 nitrogen and oxygen atoms in total. The third kappa shape index (κ3) is 2.65. The van der Waals surface area contributed by atoms with Gasteiger partial charge in [-0.3, -0.25) is 9.47 Å². The summed E-state index contributed by atoms with van der Waals surface area (Å²) in [4.78, 5) is 10.7. The van der Waals surface area contributed by atoms with Gasteiger partial charge in [0.25, 0.3) is 0 Å². The molecule has 0 unspecified atom stereocenters. The maximum atomic E-state index is 10.7. The molecule has 0 aliphatic rings. The Morgan fingerprint density at radius 2 is 2.17 bits per heavy atom. The number of aromatic nitrogens is 1. The second-order valence-electron chi connectivity index (χ2n) is 2.32. The Morgan fingerprint density at radius 3 is 2.75 bits per heavy atom. The molecule has 0 aliphatic heterocycles. The molecule has 1 aromatic rings. The zero-order valence-corrected chi connectivity index (χ0v) is 6.99. The van der Waals surface area contributed by atoms with E-state index in [4.69, 9.17) is 0 Å². The van der Waals surface area contributed by atoms with Crippen molar-refractivity contribution >= 4 is 5.97 Å². The van der Waals surface area contributed by atoms with E-state index in [1.807, 2.05) is 24.5 Å². The molecule has 1 rings (SSSR count). The van der Waals surface area contributed by atoms with Gasteiger partial charge in [0, 0.05) is 18.9 Å². The lowest BCUT2D eigenvalue weighted by Crippen LogP contribution is -2.17. The number of esters is 1. The van der Waals surface area contributed by atoms with Gasteiger partial charge >= 0.3 is 5.97 Å². The van der Waals surface area contributed by atoms with Crippen molar-refractivity contribution in [2.24, 2.45) is 0 Å². The molecule has 0 atom stereocenters. The van der Waals surface area contributed by atoms with E-state index >= 15 is 0 Å². The molecule has 1 N–H and O–H groups in total. The van der Waals surface area contributed by atoms with Gasteiger partial charge in [-0.2, -0.15) is 0 Å². The fourth-order valence-corrected chi connectivity index (χ4v) is 0.829. The van der Waals surface area contributed by atoms with Crippen molar-refractivity contribution in [1.29, 1.82) is 0 Å². The van der Waals surface area contributed by atoms with E-state index in [1.165, 1.54) is 7.11 Å². The molecule has 0 radical (unpaired) electrons. The van der Waals surface area contributed by atoms with E-state index < -0.39 is 0 Å². The SMILES string of the molecule is COC(=O)CCNn1cccc1. The summed E-state index contributed by atoms with van der Waals surface area (Å²) in [6, 6.07) is 3.82. The number of methoxy groups -OCH3 is 1. The Bertz CT molecular complexity index is 231. The van der Waals surface area contributed by atoms with Crippen molar-refractivity contribution in [2.45, 2.75) is 6.42 Å². The molecule has 0 spiro atoms. The van der Waals surface area contributed by atoms with Crippen molar-refractivity contribution in [3.05, 3.63) is 24.5 Å². The highest BCUT2D eigenvalue weighted by molar-refractivity contribution is 5.69. The number of nitrogens with one attached hydrogen (secondary N) is 1. The van der Waals surface area contributed by atoms with Gasteiger partial charge in [-0.1, -0.05) is 0 Å². The molecular formula is C8H12N2O2. The number of hydrogen-bond acceptors (Lipinski definition) is 3. The minimum absolute atomic E-state index is 0.199. The highest BCUT2D eigenvalue weighted by Crippen LogP contribution is 1.87. The highest BCUT2D eigenvalue weighted by Gasteiger charge is 1.97. The number of rotatable bonds is 4. The standard InChI is InChI=1S/C8H12N2O2/c1-12-8(11)4-5-9-10-6-2-3-7-10/h2-3,6-7,9H,4-5H2,1H3. The summed E-state index contributed by atoms with van der Waals surface area (Å²) >= 11 is 0. The zero-order chi connectivity index (χ0) is 8.81. The number of hydrogen-bond donors (Lipinski definition) is 1. The van der Waals surface area contributed by atoms with Crippen molar-refractivity contribution in [1.82, 2.24) is 4.68 Å². The first-order chi connectivity index (χ1) is 5.83. The van der Waals surface area contributed by atoms with Crippen LogP contribution in [0.25, 0.3) is 0 Å². The summed E-state index contributed by atoms with van der Waals surface area (Å²) in [5.74, 6) is -0.199. The maximum Gasteiger partial charge on any atom is 0.307 e. The Kier molecular flexibility index (Phi) is 3.19. The van der Waals surface area contributed by atoms with Crippen LogP contribution in [0, 0.1) is 0 Å². The van der Waals surface area contributed by atoms with Crippen LogP contribution >= 0.6 is 0 Å². The van der Waals surface area contributed by atoms with Gasteiger partial charge in [0.15, 0.2) is 0 Å². The van der Waals surface area contributed by atoms with E-state index in [-0.39, 0.29) is 5.97 Å². The normalized spacial score (nSPS) is 9.42. The van der Waals surface area contributed by atoms with E-state index in [1.54, 1.807) is 4.68 Å². The first-order valence-corrected chi connectivity index (χ1v) is 3.76. The molecule has 4 heteroatoms. The summed E-state index contributed by atoms with van der Waals surface area (Å²) in [6.07, 6.45) is 4.13. The lowest BCUT2D eigenvalue weighted by Gasteiger charge is -2.05. The molecular weight excluding hydrogens is 156 g/mol. The van der Waals surface area contributed by atoms with Crippen LogP contribution in [-0.2, 0) is 9.53 Å². The fourth-order valence-electron chi connectivity index (χ4n) is 0.829. The molecule has 1 aromatic heterocycles. The van der Waals surface area contributed by atoms with Gasteiger partial charge in [-0.25, -0.2) is 0 Å². The third-order valence-corrected chi connectivity index (χ3v) is 1.46. The van der Waals surface area contributed by atoms with Crippen LogP contribution in [0.3, 0.4) is 0 Å². The third-order valence-electron chi connectivity index (χ3n) is 1.46. The molecule has 12 heavy (non-hydrogen) atoms. The first-order valence-electron chi connectivity index (χ1n) is 3.76. The van der Waals surface area contributed by atoms with Gasteiger partial charge in [0.2, 0.25) is 0 Å². The van der Waals surface area contributed by atoms with E-state index in [0.717, 1.165) is 0 Å². The largest absolute Gasteiger partial charge is 0.469 e. The van der Waals surface area contributed by atoms with E-state index in [9.17, 15) is 4.79 Å². The maximum absolute atomic E-state index is 10.7. The van der Waals surface area contributed by atoms with Crippen molar-refractivity contribution in [3.8, 4) is 0 Å². The van der Waals surface area contributed by atoms with E-state index in [0.29, 0.717) is 13.0 Å². The smallest absolute Gasteiger partial charge is 0.307 e. The van der Waals surface area contributed by atoms with Gasteiger partial charge in [-0.15, -0.1) is 0 Å². The van der Waals surface area contributed by atoms with Gasteiger partial charge < -0.3 is 10.2 Å². The van der Waals surface area contributed by atoms with E-state index in [2.05, 4.69) is 10.2 Å². The van der Waals surface area contributed by atoms with Gasteiger partial charge in [0.1, 0.15) is 0 Å². The molecule has 0 fully saturated rings. The van der Waals surface area contributed by atoms with Crippen molar-refractivity contribution in [2.75, 3.05) is 19.1 Å². The Labute approximate surface area is 71.1 Å². The zero-order valence-electron chi connectivity index (χ0n) is 6.99. The molecule has 0 aliphatic carbocycles. The van der Waals surface area contributed by atoms with Gasteiger partial charge in [-0.05, 0) is 12.1 Å². The second kappa shape index (κ2) is 4.43. The Hall–Kier alpha value is -1.45. The number of ether oxygens (including phenoxy) is 1. The monoisotopic (exact) mass is 168 g/mol. The summed E-state index contributed by atoms with van der Waals surface area (Å²) in [6.45, 7) is 0.585. The molecule has 0 saturated heterocycles. The molecule has 0 amide bonds. The molecule has 0 bridgehead atoms. The summed E-state index contributed by atoms with van der Waals surface area (Å²) in [7, 11) is 1.39. The van der Waals surface area contributed by atoms with Crippen LogP contribution in [0.2, 0.25) is 0 Å². The van der Waals surface area contributed by atoms with Crippen LogP contribution in [0.4, 0.5) is 0 Å². The van der Waals surface area contributed by atoms with Crippen molar-refractivity contribution < 1.29 is 9.53 Å². The lowest BCUT2D eigenvalue weighted by atomic mass is 10.4. The summed E-state index contributed by atoms with van der Waals surface area (Å²) in [5.41, 5.74) is 3.01. The second-order valence-corrected chi connectivity index (χ2v) is 2.32. The van der Waals surface area contributed by atoms with Gasteiger partial charge in [0.05, 0.1) is 13.5 Å². The average Bonchev–Trinajstić information content (AvgIpc) is 2.57. The predicted octanol–water partition coefficient (Wildman–Crippen LogP) is 0.595.